The maximum Gasteiger partial charge on any atom is 0.241 e. The number of hydrogen-bond acceptors (Lipinski definition) is 2. The molecule has 0 heterocycles. The van der Waals surface area contributed by atoms with Crippen molar-refractivity contribution in [3.05, 3.63) is 63.6 Å². The minimum absolute atomic E-state index is 0.200. The molecule has 0 aromatic heterocycles. The molecule has 1 N–H and O–H groups in total. The first-order valence-corrected chi connectivity index (χ1v) is 8.57. The van der Waals surface area contributed by atoms with Crippen LogP contribution in [0.2, 0.25) is 5.02 Å². The SMILES string of the molecule is C[C@@H](NS(=O)(=O)c1ccc(Cl)cc1)c1ccc(Br)cc1. The molecule has 0 spiro atoms. The van der Waals surface area contributed by atoms with Crippen molar-refractivity contribution in [3.8, 4) is 0 Å². The van der Waals surface area contributed by atoms with E-state index in [2.05, 4.69) is 20.7 Å². The molecule has 0 fully saturated rings. The van der Waals surface area contributed by atoms with Crippen molar-refractivity contribution in [2.24, 2.45) is 0 Å². The predicted octanol–water partition coefficient (Wildman–Crippen LogP) is 4.14. The Balaban J connectivity index is 2.19. The lowest BCUT2D eigenvalue weighted by Gasteiger charge is -2.14. The zero-order valence-electron chi connectivity index (χ0n) is 10.7. The van der Waals surface area contributed by atoms with Crippen LogP contribution in [-0.2, 0) is 10.0 Å². The van der Waals surface area contributed by atoms with Gasteiger partial charge in [0, 0.05) is 15.5 Å². The van der Waals surface area contributed by atoms with E-state index in [1.54, 1.807) is 19.1 Å². The molecule has 0 aliphatic rings. The van der Waals surface area contributed by atoms with Crippen LogP contribution in [-0.4, -0.2) is 8.42 Å². The van der Waals surface area contributed by atoms with Gasteiger partial charge in [0.05, 0.1) is 4.90 Å². The summed E-state index contributed by atoms with van der Waals surface area (Å²) < 4.78 is 28.1. The summed E-state index contributed by atoms with van der Waals surface area (Å²) in [6.45, 7) is 1.80. The van der Waals surface area contributed by atoms with Gasteiger partial charge in [-0.1, -0.05) is 39.7 Å². The molecule has 6 heteroatoms. The van der Waals surface area contributed by atoms with E-state index in [0.29, 0.717) is 5.02 Å². The molecular formula is C14H13BrClNO2S. The van der Waals surface area contributed by atoms with E-state index in [4.69, 9.17) is 11.6 Å². The lowest BCUT2D eigenvalue weighted by Crippen LogP contribution is -2.26. The van der Waals surface area contributed by atoms with Gasteiger partial charge >= 0.3 is 0 Å². The second kappa shape index (κ2) is 6.26. The monoisotopic (exact) mass is 373 g/mol. The Morgan fingerprint density at radius 3 is 2.15 bits per heavy atom. The van der Waals surface area contributed by atoms with E-state index in [1.165, 1.54) is 12.1 Å². The van der Waals surface area contributed by atoms with Gasteiger partial charge in [-0.25, -0.2) is 13.1 Å². The largest absolute Gasteiger partial charge is 0.241 e. The Kier molecular flexibility index (Phi) is 4.86. The minimum atomic E-state index is -3.55. The number of benzene rings is 2. The highest BCUT2D eigenvalue weighted by Crippen LogP contribution is 2.20. The summed E-state index contributed by atoms with van der Waals surface area (Å²) in [5.74, 6) is 0. The standard InChI is InChI=1S/C14H13BrClNO2S/c1-10(11-2-4-12(15)5-3-11)17-20(18,19)14-8-6-13(16)7-9-14/h2-10,17H,1H3/t10-/m1/s1. The number of rotatable bonds is 4. The lowest BCUT2D eigenvalue weighted by atomic mass is 10.1. The van der Waals surface area contributed by atoms with Crippen LogP contribution in [0.1, 0.15) is 18.5 Å². The van der Waals surface area contributed by atoms with Gasteiger partial charge in [0.2, 0.25) is 10.0 Å². The second-order valence-electron chi connectivity index (χ2n) is 4.35. The Hall–Kier alpha value is -0.880. The van der Waals surface area contributed by atoms with Gasteiger partial charge in [-0.15, -0.1) is 0 Å². The highest BCUT2D eigenvalue weighted by Gasteiger charge is 2.18. The fourth-order valence-corrected chi connectivity index (χ4v) is 3.36. The van der Waals surface area contributed by atoms with Crippen LogP contribution in [0.3, 0.4) is 0 Å². The van der Waals surface area contributed by atoms with Gasteiger partial charge in [0.1, 0.15) is 0 Å². The third kappa shape index (κ3) is 3.82. The highest BCUT2D eigenvalue weighted by molar-refractivity contribution is 9.10. The van der Waals surface area contributed by atoms with E-state index in [9.17, 15) is 8.42 Å². The van der Waals surface area contributed by atoms with Crippen molar-refractivity contribution >= 4 is 37.6 Å². The summed E-state index contributed by atoms with van der Waals surface area (Å²) >= 11 is 9.11. The van der Waals surface area contributed by atoms with Crippen LogP contribution in [0.25, 0.3) is 0 Å². The molecule has 0 amide bonds. The van der Waals surface area contributed by atoms with Gasteiger partial charge in [0.25, 0.3) is 0 Å². The highest BCUT2D eigenvalue weighted by atomic mass is 79.9. The molecule has 0 saturated carbocycles. The van der Waals surface area contributed by atoms with Crippen molar-refractivity contribution in [2.45, 2.75) is 17.9 Å². The van der Waals surface area contributed by atoms with Crippen LogP contribution in [0.4, 0.5) is 0 Å². The van der Waals surface area contributed by atoms with Crippen LogP contribution in [0.15, 0.2) is 57.9 Å². The van der Waals surface area contributed by atoms with Gasteiger partial charge in [-0.2, -0.15) is 0 Å². The van der Waals surface area contributed by atoms with Crippen molar-refractivity contribution in [1.29, 1.82) is 0 Å². The molecule has 0 bridgehead atoms. The average molecular weight is 375 g/mol. The molecule has 0 aliphatic carbocycles. The van der Waals surface area contributed by atoms with Crippen molar-refractivity contribution < 1.29 is 8.42 Å². The van der Waals surface area contributed by atoms with Gasteiger partial charge in [-0.05, 0) is 48.9 Å². The average Bonchev–Trinajstić information content (AvgIpc) is 2.39. The molecule has 106 valence electrons. The maximum absolute atomic E-state index is 12.2. The molecule has 20 heavy (non-hydrogen) atoms. The van der Waals surface area contributed by atoms with Crippen LogP contribution in [0.5, 0.6) is 0 Å². The number of halogens is 2. The van der Waals surface area contributed by atoms with Gasteiger partial charge in [0.15, 0.2) is 0 Å². The molecular weight excluding hydrogens is 362 g/mol. The maximum atomic E-state index is 12.2. The van der Waals surface area contributed by atoms with Crippen LogP contribution >= 0.6 is 27.5 Å². The predicted molar refractivity (Wildman–Crippen MR) is 84.3 cm³/mol. The number of hydrogen-bond donors (Lipinski definition) is 1. The fourth-order valence-electron chi connectivity index (χ4n) is 1.73. The quantitative estimate of drug-likeness (QED) is 0.874. The summed E-state index contributed by atoms with van der Waals surface area (Å²) in [5, 5.41) is 0.505. The second-order valence-corrected chi connectivity index (χ2v) is 7.41. The molecule has 2 aromatic carbocycles. The lowest BCUT2D eigenvalue weighted by molar-refractivity contribution is 0.567. The molecule has 3 nitrogen and oxygen atoms in total. The summed E-state index contributed by atoms with van der Waals surface area (Å²) in [5.41, 5.74) is 0.894. The summed E-state index contributed by atoms with van der Waals surface area (Å²) in [6, 6.07) is 13.3. The smallest absolute Gasteiger partial charge is 0.207 e. The third-order valence-corrected chi connectivity index (χ3v) is 5.16. The zero-order chi connectivity index (χ0) is 14.8. The van der Waals surface area contributed by atoms with Crippen molar-refractivity contribution in [2.75, 3.05) is 0 Å². The van der Waals surface area contributed by atoms with Crippen molar-refractivity contribution in [3.63, 3.8) is 0 Å². The fraction of sp³-hybridized carbons (Fsp3) is 0.143. The first kappa shape index (κ1) is 15.5. The Bertz CT molecular complexity index is 684. The van der Waals surface area contributed by atoms with Gasteiger partial charge < -0.3 is 0 Å². The zero-order valence-corrected chi connectivity index (χ0v) is 13.8. The molecule has 0 aliphatic heterocycles. The summed E-state index contributed by atoms with van der Waals surface area (Å²) in [7, 11) is -3.55. The normalized spacial score (nSPS) is 13.2. The van der Waals surface area contributed by atoms with E-state index < -0.39 is 10.0 Å². The first-order valence-electron chi connectivity index (χ1n) is 5.92. The van der Waals surface area contributed by atoms with Crippen LogP contribution in [0, 0.1) is 0 Å². The molecule has 2 aromatic rings. The summed E-state index contributed by atoms with van der Waals surface area (Å²) in [4.78, 5) is 0.200. The topological polar surface area (TPSA) is 46.2 Å². The molecule has 0 saturated heterocycles. The molecule has 0 radical (unpaired) electrons. The van der Waals surface area contributed by atoms with E-state index >= 15 is 0 Å². The third-order valence-electron chi connectivity index (χ3n) is 2.83. The first-order chi connectivity index (χ1) is 9.38. The molecule has 0 unspecified atom stereocenters. The Labute approximate surface area is 132 Å². The molecule has 2 rings (SSSR count). The Morgan fingerprint density at radius 1 is 1.05 bits per heavy atom. The van der Waals surface area contributed by atoms with E-state index in [-0.39, 0.29) is 10.9 Å². The number of sulfonamides is 1. The van der Waals surface area contributed by atoms with E-state index in [1.807, 2.05) is 24.3 Å². The minimum Gasteiger partial charge on any atom is -0.207 e. The van der Waals surface area contributed by atoms with Crippen molar-refractivity contribution in [1.82, 2.24) is 4.72 Å². The summed E-state index contributed by atoms with van der Waals surface area (Å²) in [6.07, 6.45) is 0. The number of nitrogens with one attached hydrogen (secondary N) is 1. The van der Waals surface area contributed by atoms with Crippen LogP contribution < -0.4 is 4.72 Å². The molecule has 1 atom stereocenters. The Morgan fingerprint density at radius 2 is 1.60 bits per heavy atom. The van der Waals surface area contributed by atoms with E-state index in [0.717, 1.165) is 10.0 Å². The van der Waals surface area contributed by atoms with Gasteiger partial charge in [-0.3, -0.25) is 0 Å².